The van der Waals surface area contributed by atoms with E-state index in [9.17, 15) is 9.59 Å². The smallest absolute Gasteiger partial charge is 0.410 e. The Morgan fingerprint density at radius 3 is 2.40 bits per heavy atom. The fraction of sp³-hybridized carbons (Fsp3) is 0.600. The number of benzene rings is 1. The highest BCUT2D eigenvalue weighted by molar-refractivity contribution is 5.94. The predicted octanol–water partition coefficient (Wildman–Crippen LogP) is 3.94. The van der Waals surface area contributed by atoms with Gasteiger partial charge in [0, 0.05) is 24.7 Å². The van der Waals surface area contributed by atoms with Gasteiger partial charge >= 0.3 is 6.09 Å². The number of carbonyl (C=O) groups is 2. The molecule has 1 aliphatic rings. The molecule has 0 bridgehead atoms. The molecule has 1 aliphatic heterocycles. The van der Waals surface area contributed by atoms with Gasteiger partial charge in [-0.2, -0.15) is 0 Å². The van der Waals surface area contributed by atoms with Gasteiger partial charge in [-0.1, -0.05) is 26.0 Å². The number of amides is 2. The van der Waals surface area contributed by atoms with Gasteiger partial charge in [-0.15, -0.1) is 0 Å². The molecule has 0 spiro atoms. The topological polar surface area (TPSA) is 58.6 Å². The van der Waals surface area contributed by atoms with Crippen molar-refractivity contribution >= 4 is 12.0 Å². The van der Waals surface area contributed by atoms with E-state index in [4.69, 9.17) is 4.74 Å². The van der Waals surface area contributed by atoms with E-state index in [0.717, 1.165) is 12.8 Å². The van der Waals surface area contributed by atoms with Crippen LogP contribution in [0.2, 0.25) is 0 Å². The largest absolute Gasteiger partial charge is 0.444 e. The van der Waals surface area contributed by atoms with Crippen LogP contribution in [0.5, 0.6) is 0 Å². The third-order valence-corrected chi connectivity index (χ3v) is 4.25. The lowest BCUT2D eigenvalue weighted by atomic mass is 10.0. The second-order valence-corrected chi connectivity index (χ2v) is 8.02. The number of nitrogens with zero attached hydrogens (tertiary/aromatic N) is 1. The molecule has 25 heavy (non-hydrogen) atoms. The standard InChI is InChI=1S/C20H30N2O3/c1-14(2)15-8-10-16(11-9-15)18(23)21-17-7-6-12-22(13-17)19(24)25-20(3,4)5/h8-11,14,17H,6-7,12-13H2,1-5H3,(H,21,23). The summed E-state index contributed by atoms with van der Waals surface area (Å²) in [5.74, 6) is 0.351. The van der Waals surface area contributed by atoms with E-state index >= 15 is 0 Å². The number of carbonyl (C=O) groups excluding carboxylic acids is 2. The molecule has 138 valence electrons. The molecule has 5 heteroatoms. The lowest BCUT2D eigenvalue weighted by Crippen LogP contribution is -2.50. The molecule has 1 aromatic carbocycles. The number of ether oxygens (including phenoxy) is 1. The van der Waals surface area contributed by atoms with Crippen LogP contribution in [0.15, 0.2) is 24.3 Å². The minimum absolute atomic E-state index is 0.0430. The van der Waals surface area contributed by atoms with Crippen molar-refractivity contribution in [2.45, 2.75) is 65.0 Å². The molecule has 1 N–H and O–H groups in total. The molecule has 1 saturated heterocycles. The highest BCUT2D eigenvalue weighted by atomic mass is 16.6. The normalized spacial score (nSPS) is 18.2. The summed E-state index contributed by atoms with van der Waals surface area (Å²) in [6, 6.07) is 7.66. The first-order valence-corrected chi connectivity index (χ1v) is 9.04. The Morgan fingerprint density at radius 2 is 1.84 bits per heavy atom. The molecule has 0 radical (unpaired) electrons. The molecule has 1 unspecified atom stereocenters. The van der Waals surface area contributed by atoms with Gasteiger partial charge in [0.15, 0.2) is 0 Å². The maximum Gasteiger partial charge on any atom is 0.410 e. The summed E-state index contributed by atoms with van der Waals surface area (Å²) in [6.07, 6.45) is 1.42. The average molecular weight is 346 g/mol. The van der Waals surface area contributed by atoms with Crippen LogP contribution in [-0.2, 0) is 4.74 Å². The van der Waals surface area contributed by atoms with Gasteiger partial charge < -0.3 is 15.0 Å². The summed E-state index contributed by atoms with van der Waals surface area (Å²) < 4.78 is 5.42. The van der Waals surface area contributed by atoms with Crippen LogP contribution in [-0.4, -0.2) is 41.6 Å². The van der Waals surface area contributed by atoms with Crippen molar-refractivity contribution < 1.29 is 14.3 Å². The Balaban J connectivity index is 1.93. The summed E-state index contributed by atoms with van der Waals surface area (Å²) in [7, 11) is 0. The van der Waals surface area contributed by atoms with Gasteiger partial charge in [0.2, 0.25) is 0 Å². The van der Waals surface area contributed by atoms with Crippen molar-refractivity contribution in [1.29, 1.82) is 0 Å². The second kappa shape index (κ2) is 7.89. The lowest BCUT2D eigenvalue weighted by molar-refractivity contribution is 0.0185. The summed E-state index contributed by atoms with van der Waals surface area (Å²) in [6.45, 7) is 11.0. The summed E-state index contributed by atoms with van der Waals surface area (Å²) in [5.41, 5.74) is 1.36. The van der Waals surface area contributed by atoms with Gasteiger partial charge in [0.05, 0.1) is 0 Å². The Morgan fingerprint density at radius 1 is 1.20 bits per heavy atom. The first kappa shape index (κ1) is 19.3. The Hall–Kier alpha value is -2.04. The predicted molar refractivity (Wildman–Crippen MR) is 98.8 cm³/mol. The van der Waals surface area contributed by atoms with Gasteiger partial charge in [-0.25, -0.2) is 4.79 Å². The molecule has 1 heterocycles. The van der Waals surface area contributed by atoms with Crippen LogP contribution in [0, 0.1) is 0 Å². The summed E-state index contributed by atoms with van der Waals surface area (Å²) >= 11 is 0. The number of likely N-dealkylation sites (tertiary alicyclic amines) is 1. The quantitative estimate of drug-likeness (QED) is 0.902. The highest BCUT2D eigenvalue weighted by Gasteiger charge is 2.28. The van der Waals surface area contributed by atoms with Crippen LogP contribution in [0.4, 0.5) is 4.79 Å². The van der Waals surface area contributed by atoms with E-state index < -0.39 is 5.60 Å². The fourth-order valence-corrected chi connectivity index (χ4v) is 2.88. The molecule has 5 nitrogen and oxygen atoms in total. The zero-order chi connectivity index (χ0) is 18.6. The van der Waals surface area contributed by atoms with Crippen LogP contribution >= 0.6 is 0 Å². The van der Waals surface area contributed by atoms with Crippen LogP contribution in [0.25, 0.3) is 0 Å². The monoisotopic (exact) mass is 346 g/mol. The molecular formula is C20H30N2O3. The van der Waals surface area contributed by atoms with Gasteiger partial charge in [0.1, 0.15) is 5.60 Å². The van der Waals surface area contributed by atoms with E-state index in [1.807, 2.05) is 45.0 Å². The van der Waals surface area contributed by atoms with Gasteiger partial charge in [-0.3, -0.25) is 4.79 Å². The molecule has 2 amide bonds. The maximum absolute atomic E-state index is 12.5. The Labute approximate surface area is 150 Å². The minimum atomic E-state index is -0.508. The van der Waals surface area contributed by atoms with Crippen LogP contribution in [0.1, 0.15) is 69.3 Å². The molecule has 0 saturated carbocycles. The third-order valence-electron chi connectivity index (χ3n) is 4.25. The second-order valence-electron chi connectivity index (χ2n) is 8.02. The van der Waals surface area contributed by atoms with Gasteiger partial charge in [0.25, 0.3) is 5.91 Å². The first-order valence-electron chi connectivity index (χ1n) is 9.04. The zero-order valence-corrected chi connectivity index (χ0v) is 16.0. The molecule has 1 atom stereocenters. The molecule has 2 rings (SSSR count). The number of rotatable bonds is 3. The van der Waals surface area contributed by atoms with E-state index in [-0.39, 0.29) is 18.0 Å². The van der Waals surface area contributed by atoms with Crippen LogP contribution < -0.4 is 5.32 Å². The molecule has 0 aromatic heterocycles. The van der Waals surface area contributed by atoms with E-state index in [1.165, 1.54) is 5.56 Å². The Kier molecular flexibility index (Phi) is 6.09. The SMILES string of the molecule is CC(C)c1ccc(C(=O)NC2CCCN(C(=O)OC(C)(C)C)C2)cc1. The highest BCUT2D eigenvalue weighted by Crippen LogP contribution is 2.17. The molecule has 1 fully saturated rings. The minimum Gasteiger partial charge on any atom is -0.444 e. The van der Waals surface area contributed by atoms with E-state index in [2.05, 4.69) is 19.2 Å². The lowest BCUT2D eigenvalue weighted by Gasteiger charge is -2.34. The third kappa shape index (κ3) is 5.76. The molecular weight excluding hydrogens is 316 g/mol. The average Bonchev–Trinajstić information content (AvgIpc) is 2.53. The zero-order valence-electron chi connectivity index (χ0n) is 16.0. The number of hydrogen-bond acceptors (Lipinski definition) is 3. The maximum atomic E-state index is 12.5. The number of nitrogens with one attached hydrogen (secondary N) is 1. The summed E-state index contributed by atoms with van der Waals surface area (Å²) in [5, 5.41) is 3.04. The van der Waals surface area contributed by atoms with Crippen molar-refractivity contribution in [3.05, 3.63) is 35.4 Å². The van der Waals surface area contributed by atoms with E-state index in [1.54, 1.807) is 4.90 Å². The summed E-state index contributed by atoms with van der Waals surface area (Å²) in [4.78, 5) is 26.3. The first-order chi connectivity index (χ1) is 11.7. The Bertz CT molecular complexity index is 602. The van der Waals surface area contributed by atoms with Crippen molar-refractivity contribution in [2.75, 3.05) is 13.1 Å². The van der Waals surface area contributed by atoms with Crippen LogP contribution in [0.3, 0.4) is 0 Å². The molecule has 0 aliphatic carbocycles. The number of hydrogen-bond donors (Lipinski definition) is 1. The van der Waals surface area contributed by atoms with Crippen molar-refractivity contribution in [2.24, 2.45) is 0 Å². The van der Waals surface area contributed by atoms with Gasteiger partial charge in [-0.05, 0) is 57.2 Å². The van der Waals surface area contributed by atoms with Crippen molar-refractivity contribution in [3.8, 4) is 0 Å². The fourth-order valence-electron chi connectivity index (χ4n) is 2.88. The number of piperidine rings is 1. The molecule has 1 aromatic rings. The van der Waals surface area contributed by atoms with Crippen molar-refractivity contribution in [1.82, 2.24) is 10.2 Å². The van der Waals surface area contributed by atoms with E-state index in [0.29, 0.717) is 24.6 Å². The van der Waals surface area contributed by atoms with Crippen molar-refractivity contribution in [3.63, 3.8) is 0 Å².